The Hall–Kier alpha value is 0.180. The fourth-order valence-corrected chi connectivity index (χ4v) is 2.38. The second-order valence-corrected chi connectivity index (χ2v) is 4.11. The van der Waals surface area contributed by atoms with Gasteiger partial charge in [-0.1, -0.05) is 12.8 Å². The minimum absolute atomic E-state index is 0.217. The molecule has 0 amide bonds. The molecule has 13 heavy (non-hydrogen) atoms. The molecule has 0 aliphatic heterocycles. The Morgan fingerprint density at radius 3 is 2.77 bits per heavy atom. The second-order valence-electron chi connectivity index (χ2n) is 3.80. The van der Waals surface area contributed by atoms with Gasteiger partial charge in [-0.25, -0.2) is 0 Å². The molecule has 1 saturated carbocycles. The highest BCUT2D eigenvalue weighted by atomic mass is 35.5. The molecule has 0 radical (unpaired) electrons. The molecule has 1 aliphatic rings. The molecule has 3 heteroatoms. The Morgan fingerprint density at radius 2 is 2.08 bits per heavy atom. The molecule has 78 valence electrons. The Morgan fingerprint density at radius 1 is 1.31 bits per heavy atom. The third-order valence-corrected chi connectivity index (χ3v) is 3.22. The van der Waals surface area contributed by atoms with Crippen LogP contribution in [-0.4, -0.2) is 25.1 Å². The predicted molar refractivity (Wildman–Crippen MR) is 55.1 cm³/mol. The first-order valence-electron chi connectivity index (χ1n) is 5.23. The molecule has 0 heterocycles. The standard InChI is InChI=1S/C10H19ClFN/c11-8-9-4-1-2-5-10(9)13-7-3-6-12/h9-10,13H,1-8H2. The summed E-state index contributed by atoms with van der Waals surface area (Å²) in [5, 5.41) is 3.40. The molecule has 0 aromatic heterocycles. The van der Waals surface area contributed by atoms with Crippen molar-refractivity contribution in [2.24, 2.45) is 5.92 Å². The minimum Gasteiger partial charge on any atom is -0.314 e. The molecule has 0 bridgehead atoms. The van der Waals surface area contributed by atoms with Gasteiger partial charge in [0.05, 0.1) is 6.67 Å². The molecule has 1 fully saturated rings. The summed E-state index contributed by atoms with van der Waals surface area (Å²) in [4.78, 5) is 0. The SMILES string of the molecule is FCCCNC1CCCCC1CCl. The zero-order valence-corrected chi connectivity index (χ0v) is 8.82. The fraction of sp³-hybridized carbons (Fsp3) is 1.00. The molecule has 1 rings (SSSR count). The van der Waals surface area contributed by atoms with Crippen molar-refractivity contribution in [1.82, 2.24) is 5.32 Å². The average molecular weight is 208 g/mol. The first-order chi connectivity index (χ1) is 6.38. The van der Waals surface area contributed by atoms with Gasteiger partial charge < -0.3 is 5.32 Å². The number of alkyl halides is 2. The zero-order chi connectivity index (χ0) is 9.52. The minimum atomic E-state index is -0.217. The Kier molecular flexibility index (Phi) is 5.72. The number of nitrogens with one attached hydrogen (secondary N) is 1. The molecule has 0 saturated heterocycles. The maximum Gasteiger partial charge on any atom is 0.0906 e. The van der Waals surface area contributed by atoms with E-state index in [1.165, 1.54) is 25.7 Å². The summed E-state index contributed by atoms with van der Waals surface area (Å²) >= 11 is 5.87. The van der Waals surface area contributed by atoms with Gasteiger partial charge in [0.15, 0.2) is 0 Å². The van der Waals surface area contributed by atoms with Crippen molar-refractivity contribution in [3.8, 4) is 0 Å². The van der Waals surface area contributed by atoms with Crippen LogP contribution in [-0.2, 0) is 0 Å². The van der Waals surface area contributed by atoms with Crippen molar-refractivity contribution < 1.29 is 4.39 Å². The van der Waals surface area contributed by atoms with E-state index < -0.39 is 0 Å². The van der Waals surface area contributed by atoms with Crippen LogP contribution in [0, 0.1) is 5.92 Å². The molecule has 2 unspecified atom stereocenters. The molecule has 1 aliphatic carbocycles. The monoisotopic (exact) mass is 207 g/mol. The summed E-state index contributed by atoms with van der Waals surface area (Å²) in [5.74, 6) is 1.35. The molecule has 1 N–H and O–H groups in total. The molecular formula is C10H19ClFN. The summed E-state index contributed by atoms with van der Waals surface area (Å²) in [7, 11) is 0. The summed E-state index contributed by atoms with van der Waals surface area (Å²) in [6.07, 6.45) is 5.67. The maximum absolute atomic E-state index is 11.9. The predicted octanol–water partition coefficient (Wildman–Crippen LogP) is 2.73. The summed E-state index contributed by atoms with van der Waals surface area (Å²) < 4.78 is 11.9. The molecule has 0 aromatic carbocycles. The van der Waals surface area contributed by atoms with Gasteiger partial charge in [0.1, 0.15) is 0 Å². The lowest BCUT2D eigenvalue weighted by Crippen LogP contribution is -2.39. The highest BCUT2D eigenvalue weighted by molar-refractivity contribution is 6.18. The van der Waals surface area contributed by atoms with Crippen molar-refractivity contribution in [3.05, 3.63) is 0 Å². The van der Waals surface area contributed by atoms with Crippen molar-refractivity contribution in [2.75, 3.05) is 19.1 Å². The summed E-state index contributed by atoms with van der Waals surface area (Å²) in [5.41, 5.74) is 0. The zero-order valence-electron chi connectivity index (χ0n) is 8.07. The van der Waals surface area contributed by atoms with Gasteiger partial charge in [0, 0.05) is 11.9 Å². The molecule has 1 nitrogen and oxygen atoms in total. The van der Waals surface area contributed by atoms with E-state index in [4.69, 9.17) is 11.6 Å². The molecule has 0 aromatic rings. The van der Waals surface area contributed by atoms with E-state index >= 15 is 0 Å². The topological polar surface area (TPSA) is 12.0 Å². The normalized spacial score (nSPS) is 29.1. The van der Waals surface area contributed by atoms with Crippen LogP contribution in [0.3, 0.4) is 0 Å². The van der Waals surface area contributed by atoms with Crippen molar-refractivity contribution >= 4 is 11.6 Å². The Labute approximate surface area is 85.0 Å². The first-order valence-corrected chi connectivity index (χ1v) is 5.77. The molecule has 2 atom stereocenters. The van der Waals surface area contributed by atoms with E-state index in [2.05, 4.69) is 5.32 Å². The average Bonchev–Trinajstić information content (AvgIpc) is 2.19. The van der Waals surface area contributed by atoms with Gasteiger partial charge in [-0.05, 0) is 31.7 Å². The van der Waals surface area contributed by atoms with Crippen LogP contribution >= 0.6 is 11.6 Å². The number of halogens is 2. The highest BCUT2D eigenvalue weighted by Crippen LogP contribution is 2.25. The van der Waals surface area contributed by atoms with Gasteiger partial charge >= 0.3 is 0 Å². The van der Waals surface area contributed by atoms with Gasteiger partial charge in [0.2, 0.25) is 0 Å². The smallest absolute Gasteiger partial charge is 0.0906 e. The van der Waals surface area contributed by atoms with Crippen LogP contribution in [0.1, 0.15) is 32.1 Å². The van der Waals surface area contributed by atoms with E-state index in [1.807, 2.05) is 0 Å². The Balaban J connectivity index is 2.19. The highest BCUT2D eigenvalue weighted by Gasteiger charge is 2.23. The number of hydrogen-bond donors (Lipinski definition) is 1. The number of rotatable bonds is 5. The first kappa shape index (κ1) is 11.3. The summed E-state index contributed by atoms with van der Waals surface area (Å²) in [6.45, 7) is 0.583. The van der Waals surface area contributed by atoms with Crippen LogP contribution < -0.4 is 5.32 Å². The third-order valence-electron chi connectivity index (χ3n) is 2.82. The van der Waals surface area contributed by atoms with Gasteiger partial charge in [-0.2, -0.15) is 0 Å². The van der Waals surface area contributed by atoms with Gasteiger partial charge in [0.25, 0.3) is 0 Å². The quantitative estimate of drug-likeness (QED) is 0.540. The van der Waals surface area contributed by atoms with Crippen molar-refractivity contribution in [3.63, 3.8) is 0 Å². The molecule has 0 spiro atoms. The summed E-state index contributed by atoms with van der Waals surface area (Å²) in [6, 6.07) is 0.540. The van der Waals surface area contributed by atoms with Gasteiger partial charge in [-0.3, -0.25) is 4.39 Å². The number of hydrogen-bond acceptors (Lipinski definition) is 1. The molecular weight excluding hydrogens is 189 g/mol. The van der Waals surface area contributed by atoms with E-state index in [0.29, 0.717) is 18.4 Å². The van der Waals surface area contributed by atoms with Crippen molar-refractivity contribution in [1.29, 1.82) is 0 Å². The fourth-order valence-electron chi connectivity index (χ4n) is 2.02. The van der Waals surface area contributed by atoms with E-state index in [0.717, 1.165) is 12.4 Å². The lowest BCUT2D eigenvalue weighted by molar-refractivity contribution is 0.280. The lowest BCUT2D eigenvalue weighted by Gasteiger charge is -2.30. The van der Waals surface area contributed by atoms with E-state index in [-0.39, 0.29) is 6.67 Å². The van der Waals surface area contributed by atoms with Crippen molar-refractivity contribution in [2.45, 2.75) is 38.1 Å². The van der Waals surface area contributed by atoms with Gasteiger partial charge in [-0.15, -0.1) is 11.6 Å². The third kappa shape index (κ3) is 3.82. The van der Waals surface area contributed by atoms with E-state index in [1.54, 1.807) is 0 Å². The Bertz CT molecular complexity index is 132. The van der Waals surface area contributed by atoms with Crippen LogP contribution in [0.15, 0.2) is 0 Å². The second kappa shape index (κ2) is 6.61. The van der Waals surface area contributed by atoms with Crippen LogP contribution in [0.2, 0.25) is 0 Å². The van der Waals surface area contributed by atoms with E-state index in [9.17, 15) is 4.39 Å². The van der Waals surface area contributed by atoms with Crippen LogP contribution in [0.4, 0.5) is 4.39 Å². The maximum atomic E-state index is 11.9. The van der Waals surface area contributed by atoms with Crippen LogP contribution in [0.25, 0.3) is 0 Å². The van der Waals surface area contributed by atoms with Crippen LogP contribution in [0.5, 0.6) is 0 Å². The largest absolute Gasteiger partial charge is 0.314 e. The lowest BCUT2D eigenvalue weighted by atomic mass is 9.86.